The number of hydrogen-bond donors (Lipinski definition) is 2. The zero-order valence-electron chi connectivity index (χ0n) is 8.29. The van der Waals surface area contributed by atoms with Crippen molar-refractivity contribution < 1.29 is 9.47 Å². The molecule has 4 heteroatoms. The fourth-order valence-corrected chi connectivity index (χ4v) is 1.82. The number of ether oxygens (including phenoxy) is 2. The Balaban J connectivity index is 2.26. The van der Waals surface area contributed by atoms with Gasteiger partial charge < -0.3 is 9.47 Å². The van der Waals surface area contributed by atoms with E-state index in [2.05, 4.69) is 5.43 Å². The SMILES string of the molecule is COCCC(NN)C1CCOCC1. The zero-order valence-corrected chi connectivity index (χ0v) is 8.29. The van der Waals surface area contributed by atoms with Gasteiger partial charge in [0, 0.05) is 33.0 Å². The monoisotopic (exact) mass is 188 g/mol. The van der Waals surface area contributed by atoms with E-state index in [1.807, 2.05) is 0 Å². The van der Waals surface area contributed by atoms with Crippen LogP contribution in [0.25, 0.3) is 0 Å². The summed E-state index contributed by atoms with van der Waals surface area (Å²) >= 11 is 0. The van der Waals surface area contributed by atoms with Crippen LogP contribution in [0.4, 0.5) is 0 Å². The van der Waals surface area contributed by atoms with Crippen LogP contribution in [0.15, 0.2) is 0 Å². The van der Waals surface area contributed by atoms with Gasteiger partial charge in [-0.25, -0.2) is 0 Å². The van der Waals surface area contributed by atoms with Gasteiger partial charge >= 0.3 is 0 Å². The first-order chi connectivity index (χ1) is 6.38. The summed E-state index contributed by atoms with van der Waals surface area (Å²) in [6, 6.07) is 0.379. The highest BCUT2D eigenvalue weighted by Crippen LogP contribution is 2.20. The van der Waals surface area contributed by atoms with Gasteiger partial charge in [0.05, 0.1) is 0 Å². The van der Waals surface area contributed by atoms with E-state index >= 15 is 0 Å². The van der Waals surface area contributed by atoms with Crippen molar-refractivity contribution in [3.8, 4) is 0 Å². The third kappa shape index (κ3) is 3.60. The summed E-state index contributed by atoms with van der Waals surface area (Å²) in [6.45, 7) is 2.51. The first kappa shape index (κ1) is 10.9. The van der Waals surface area contributed by atoms with E-state index in [1.165, 1.54) is 0 Å². The summed E-state index contributed by atoms with van der Waals surface area (Å²) in [7, 11) is 1.72. The van der Waals surface area contributed by atoms with E-state index < -0.39 is 0 Å². The minimum Gasteiger partial charge on any atom is -0.385 e. The molecule has 1 saturated heterocycles. The summed E-state index contributed by atoms with van der Waals surface area (Å²) < 4.78 is 10.3. The molecule has 0 bridgehead atoms. The molecule has 1 atom stereocenters. The van der Waals surface area contributed by atoms with Crippen molar-refractivity contribution in [3.63, 3.8) is 0 Å². The lowest BCUT2D eigenvalue weighted by atomic mass is 9.90. The summed E-state index contributed by atoms with van der Waals surface area (Å²) in [4.78, 5) is 0. The van der Waals surface area contributed by atoms with E-state index in [1.54, 1.807) is 7.11 Å². The molecule has 1 unspecified atom stereocenters. The molecule has 3 N–H and O–H groups in total. The van der Waals surface area contributed by atoms with Gasteiger partial charge in [-0.1, -0.05) is 0 Å². The van der Waals surface area contributed by atoms with Crippen LogP contribution in [0.3, 0.4) is 0 Å². The average molecular weight is 188 g/mol. The van der Waals surface area contributed by atoms with Crippen LogP contribution in [-0.2, 0) is 9.47 Å². The Kier molecular flexibility index (Phi) is 5.31. The second-order valence-electron chi connectivity index (χ2n) is 3.50. The summed E-state index contributed by atoms with van der Waals surface area (Å²) in [6.07, 6.45) is 3.20. The molecule has 0 aromatic rings. The summed E-state index contributed by atoms with van der Waals surface area (Å²) in [5.74, 6) is 6.15. The predicted octanol–water partition coefficient (Wildman–Crippen LogP) is 0.281. The van der Waals surface area contributed by atoms with Crippen LogP contribution < -0.4 is 11.3 Å². The van der Waals surface area contributed by atoms with E-state index in [-0.39, 0.29) is 0 Å². The number of hydrazine groups is 1. The first-order valence-electron chi connectivity index (χ1n) is 4.91. The van der Waals surface area contributed by atoms with Gasteiger partial charge in [-0.3, -0.25) is 11.3 Å². The van der Waals surface area contributed by atoms with Crippen molar-refractivity contribution in [1.29, 1.82) is 0 Å². The average Bonchev–Trinajstić information content (AvgIpc) is 2.21. The number of methoxy groups -OCH3 is 1. The fourth-order valence-electron chi connectivity index (χ4n) is 1.82. The molecule has 1 aliphatic rings. The molecule has 0 amide bonds. The van der Waals surface area contributed by atoms with Crippen LogP contribution in [0, 0.1) is 5.92 Å². The molecule has 0 radical (unpaired) electrons. The normalized spacial score (nSPS) is 21.7. The van der Waals surface area contributed by atoms with Gasteiger partial charge in [0.1, 0.15) is 0 Å². The minimum absolute atomic E-state index is 0.379. The topological polar surface area (TPSA) is 56.5 Å². The lowest BCUT2D eigenvalue weighted by Gasteiger charge is -2.29. The van der Waals surface area contributed by atoms with E-state index in [4.69, 9.17) is 15.3 Å². The number of nitrogens with two attached hydrogens (primary N) is 1. The Labute approximate surface area is 79.7 Å². The van der Waals surface area contributed by atoms with Gasteiger partial charge in [-0.2, -0.15) is 0 Å². The van der Waals surface area contributed by atoms with Gasteiger partial charge in [0.25, 0.3) is 0 Å². The van der Waals surface area contributed by atoms with Crippen LogP contribution in [-0.4, -0.2) is 33.0 Å². The van der Waals surface area contributed by atoms with Crippen LogP contribution in [0.5, 0.6) is 0 Å². The van der Waals surface area contributed by atoms with E-state index in [9.17, 15) is 0 Å². The second kappa shape index (κ2) is 6.32. The lowest BCUT2D eigenvalue weighted by Crippen LogP contribution is -2.43. The van der Waals surface area contributed by atoms with Crippen molar-refractivity contribution in [2.75, 3.05) is 26.9 Å². The highest BCUT2D eigenvalue weighted by molar-refractivity contribution is 4.76. The minimum atomic E-state index is 0.379. The third-order valence-electron chi connectivity index (χ3n) is 2.68. The first-order valence-corrected chi connectivity index (χ1v) is 4.91. The molecule has 1 rings (SSSR count). The molecule has 0 aromatic heterocycles. The van der Waals surface area contributed by atoms with Gasteiger partial charge in [0.15, 0.2) is 0 Å². The Morgan fingerprint density at radius 2 is 2.23 bits per heavy atom. The highest BCUT2D eigenvalue weighted by atomic mass is 16.5. The zero-order chi connectivity index (χ0) is 9.52. The van der Waals surface area contributed by atoms with Crippen molar-refractivity contribution >= 4 is 0 Å². The molecule has 0 aromatic carbocycles. The van der Waals surface area contributed by atoms with Crippen LogP contribution in [0.1, 0.15) is 19.3 Å². The quantitative estimate of drug-likeness (QED) is 0.480. The molecular weight excluding hydrogens is 168 g/mol. The molecular formula is C9H20N2O2. The van der Waals surface area contributed by atoms with Gasteiger partial charge in [-0.05, 0) is 25.2 Å². The smallest absolute Gasteiger partial charge is 0.0477 e. The van der Waals surface area contributed by atoms with Gasteiger partial charge in [0.2, 0.25) is 0 Å². The van der Waals surface area contributed by atoms with E-state index in [0.717, 1.165) is 39.1 Å². The van der Waals surface area contributed by atoms with Crippen molar-refractivity contribution in [2.45, 2.75) is 25.3 Å². The van der Waals surface area contributed by atoms with E-state index in [0.29, 0.717) is 12.0 Å². The standard InChI is InChI=1S/C9H20N2O2/c1-12-5-4-9(11-10)8-2-6-13-7-3-8/h8-9,11H,2-7,10H2,1H3. The summed E-state index contributed by atoms with van der Waals surface area (Å²) in [5, 5.41) is 0. The molecule has 4 nitrogen and oxygen atoms in total. The maximum Gasteiger partial charge on any atom is 0.0477 e. The molecule has 0 aliphatic carbocycles. The maximum absolute atomic E-state index is 5.50. The van der Waals surface area contributed by atoms with Crippen LogP contribution in [0.2, 0.25) is 0 Å². The Hall–Kier alpha value is -0.160. The number of hydrogen-bond acceptors (Lipinski definition) is 4. The molecule has 13 heavy (non-hydrogen) atoms. The second-order valence-corrected chi connectivity index (χ2v) is 3.50. The third-order valence-corrected chi connectivity index (χ3v) is 2.68. The number of rotatable bonds is 5. The number of nitrogens with one attached hydrogen (secondary N) is 1. The Bertz CT molecular complexity index is 127. The molecule has 1 heterocycles. The molecule has 0 spiro atoms. The highest BCUT2D eigenvalue weighted by Gasteiger charge is 2.22. The maximum atomic E-state index is 5.50. The molecule has 78 valence electrons. The summed E-state index contributed by atoms with van der Waals surface area (Å²) in [5.41, 5.74) is 2.87. The molecule has 1 fully saturated rings. The predicted molar refractivity (Wildman–Crippen MR) is 51.1 cm³/mol. The molecule has 0 saturated carbocycles. The fraction of sp³-hybridized carbons (Fsp3) is 1.00. The van der Waals surface area contributed by atoms with Crippen molar-refractivity contribution in [2.24, 2.45) is 11.8 Å². The lowest BCUT2D eigenvalue weighted by molar-refractivity contribution is 0.0481. The van der Waals surface area contributed by atoms with Crippen molar-refractivity contribution in [3.05, 3.63) is 0 Å². The Morgan fingerprint density at radius 1 is 1.54 bits per heavy atom. The van der Waals surface area contributed by atoms with Gasteiger partial charge in [-0.15, -0.1) is 0 Å². The van der Waals surface area contributed by atoms with Crippen molar-refractivity contribution in [1.82, 2.24) is 5.43 Å². The molecule has 1 aliphatic heterocycles. The largest absolute Gasteiger partial charge is 0.385 e. The van der Waals surface area contributed by atoms with Crippen LogP contribution >= 0.6 is 0 Å². The Morgan fingerprint density at radius 3 is 2.77 bits per heavy atom.